The van der Waals surface area contributed by atoms with Crippen molar-refractivity contribution in [2.75, 3.05) is 13.1 Å². The van der Waals surface area contributed by atoms with E-state index in [-0.39, 0.29) is 29.6 Å². The quantitative estimate of drug-likeness (QED) is 0.854. The fraction of sp³-hybridized carbons (Fsp3) is 0.462. The van der Waals surface area contributed by atoms with Crippen LogP contribution in [0.15, 0.2) is 29.2 Å². The summed E-state index contributed by atoms with van der Waals surface area (Å²) in [5.74, 6) is 0.263. The molecule has 2 N–H and O–H groups in total. The highest BCUT2D eigenvalue weighted by atomic mass is 35.5. The lowest BCUT2D eigenvalue weighted by molar-refractivity contribution is -0.129. The fourth-order valence-electron chi connectivity index (χ4n) is 2.51. The first-order valence-corrected chi connectivity index (χ1v) is 6.91. The van der Waals surface area contributed by atoms with E-state index in [0.29, 0.717) is 0 Å². The van der Waals surface area contributed by atoms with Crippen molar-refractivity contribution in [3.63, 3.8) is 0 Å². The van der Waals surface area contributed by atoms with Crippen molar-refractivity contribution >= 4 is 30.1 Å². The van der Waals surface area contributed by atoms with Crippen molar-refractivity contribution in [3.05, 3.63) is 29.8 Å². The van der Waals surface area contributed by atoms with E-state index in [1.165, 1.54) is 10.5 Å². The van der Waals surface area contributed by atoms with Gasteiger partial charge >= 0.3 is 0 Å². The second kappa shape index (κ2) is 5.51. The number of carbonyl (C=O) groups excluding carboxylic acids is 1. The predicted molar refractivity (Wildman–Crippen MR) is 76.2 cm³/mol. The van der Waals surface area contributed by atoms with Crippen molar-refractivity contribution in [2.24, 2.45) is 5.73 Å². The maximum absolute atomic E-state index is 12.3. The number of hydrogen-bond acceptors (Lipinski definition) is 3. The van der Waals surface area contributed by atoms with Crippen molar-refractivity contribution in [1.29, 1.82) is 0 Å². The number of fused-ring (bicyclic) bond motifs is 1. The Balaban J connectivity index is 0.00000120. The van der Waals surface area contributed by atoms with Crippen LogP contribution in [0.1, 0.15) is 12.0 Å². The molecule has 1 amide bonds. The Morgan fingerprint density at radius 2 is 2.17 bits per heavy atom. The zero-order valence-corrected chi connectivity index (χ0v) is 11.7. The van der Waals surface area contributed by atoms with Gasteiger partial charge in [-0.2, -0.15) is 0 Å². The molecule has 0 spiro atoms. The van der Waals surface area contributed by atoms with Gasteiger partial charge < -0.3 is 10.6 Å². The van der Waals surface area contributed by atoms with E-state index in [1.807, 2.05) is 17.0 Å². The van der Waals surface area contributed by atoms with Gasteiger partial charge in [0, 0.05) is 24.0 Å². The lowest BCUT2D eigenvalue weighted by atomic mass is 10.1. The number of rotatable bonds is 1. The Hall–Kier alpha value is -0.710. The summed E-state index contributed by atoms with van der Waals surface area (Å²) < 4.78 is 0. The summed E-state index contributed by atoms with van der Waals surface area (Å²) in [5, 5.41) is 0.0673. The third kappa shape index (κ3) is 2.51. The Morgan fingerprint density at radius 3 is 2.83 bits per heavy atom. The number of carbonyl (C=O) groups is 1. The van der Waals surface area contributed by atoms with E-state index in [0.717, 1.165) is 25.9 Å². The molecule has 2 aliphatic heterocycles. The topological polar surface area (TPSA) is 46.3 Å². The summed E-state index contributed by atoms with van der Waals surface area (Å²) in [7, 11) is 0. The smallest absolute Gasteiger partial charge is 0.236 e. The number of halogens is 1. The second-order valence-corrected chi connectivity index (χ2v) is 6.00. The largest absolute Gasteiger partial charge is 0.340 e. The lowest BCUT2D eigenvalue weighted by Crippen LogP contribution is -2.37. The van der Waals surface area contributed by atoms with Gasteiger partial charge in [0.1, 0.15) is 0 Å². The molecular weight excluding hydrogens is 268 g/mol. The number of nitrogens with zero attached hydrogens (tertiary/aromatic N) is 1. The maximum Gasteiger partial charge on any atom is 0.236 e. The summed E-state index contributed by atoms with van der Waals surface area (Å²) in [6, 6.07) is 8.46. The minimum absolute atomic E-state index is 0. The van der Waals surface area contributed by atoms with Gasteiger partial charge in [-0.25, -0.2) is 0 Å². The lowest BCUT2D eigenvalue weighted by Gasteiger charge is -2.19. The van der Waals surface area contributed by atoms with Gasteiger partial charge in [-0.15, -0.1) is 24.2 Å². The molecule has 3 rings (SSSR count). The molecule has 1 aromatic carbocycles. The molecule has 0 radical (unpaired) electrons. The highest BCUT2D eigenvalue weighted by Gasteiger charge is 2.33. The molecule has 2 atom stereocenters. The van der Waals surface area contributed by atoms with E-state index in [4.69, 9.17) is 5.73 Å². The van der Waals surface area contributed by atoms with E-state index in [2.05, 4.69) is 12.1 Å². The maximum atomic E-state index is 12.3. The van der Waals surface area contributed by atoms with Crippen molar-refractivity contribution in [1.82, 2.24) is 4.90 Å². The zero-order chi connectivity index (χ0) is 11.8. The van der Waals surface area contributed by atoms with Crippen LogP contribution in [0, 0.1) is 0 Å². The predicted octanol–water partition coefficient (Wildman–Crippen LogP) is 1.68. The molecule has 0 bridgehead atoms. The summed E-state index contributed by atoms with van der Waals surface area (Å²) in [4.78, 5) is 15.5. The summed E-state index contributed by atoms with van der Waals surface area (Å²) >= 11 is 1.70. The number of thioether (sulfide) groups is 1. The molecule has 0 aliphatic carbocycles. The second-order valence-electron chi connectivity index (χ2n) is 4.75. The monoisotopic (exact) mass is 284 g/mol. The van der Waals surface area contributed by atoms with Crippen LogP contribution >= 0.6 is 24.2 Å². The standard InChI is InChI=1S/C13H16N2OS.ClH/c14-10-5-6-15(8-10)13(16)12-7-9-3-1-2-4-11(9)17-12;/h1-4,10,12H,5-8,14H2;1H/t10-,12?;/m1./s1. The van der Waals surface area contributed by atoms with E-state index >= 15 is 0 Å². The van der Waals surface area contributed by atoms with Crippen LogP contribution in [0.5, 0.6) is 0 Å². The molecule has 1 aromatic rings. The minimum atomic E-state index is 0. The van der Waals surface area contributed by atoms with E-state index in [9.17, 15) is 4.79 Å². The third-order valence-electron chi connectivity index (χ3n) is 3.46. The van der Waals surface area contributed by atoms with Crippen LogP contribution in [-0.2, 0) is 11.2 Å². The first-order valence-electron chi connectivity index (χ1n) is 6.03. The average molecular weight is 285 g/mol. The molecule has 1 saturated heterocycles. The van der Waals surface area contributed by atoms with Crippen molar-refractivity contribution in [3.8, 4) is 0 Å². The van der Waals surface area contributed by atoms with E-state index in [1.54, 1.807) is 11.8 Å². The first-order chi connectivity index (χ1) is 8.24. The molecule has 18 heavy (non-hydrogen) atoms. The van der Waals surface area contributed by atoms with Gasteiger partial charge in [-0.1, -0.05) is 18.2 Å². The number of amides is 1. The van der Waals surface area contributed by atoms with Crippen LogP contribution in [0.2, 0.25) is 0 Å². The molecule has 0 aromatic heterocycles. The Kier molecular flexibility index (Phi) is 4.20. The molecule has 1 fully saturated rings. The molecule has 2 aliphatic rings. The number of benzene rings is 1. The number of likely N-dealkylation sites (tertiary alicyclic amines) is 1. The Morgan fingerprint density at radius 1 is 1.39 bits per heavy atom. The highest BCUT2D eigenvalue weighted by Crippen LogP contribution is 2.37. The van der Waals surface area contributed by atoms with Gasteiger partial charge in [-0.05, 0) is 24.5 Å². The number of hydrogen-bond donors (Lipinski definition) is 1. The van der Waals surface area contributed by atoms with Crippen LogP contribution < -0.4 is 5.73 Å². The van der Waals surface area contributed by atoms with Crippen LogP contribution in [0.25, 0.3) is 0 Å². The summed E-state index contributed by atoms with van der Waals surface area (Å²) in [6.07, 6.45) is 1.81. The van der Waals surface area contributed by atoms with Crippen LogP contribution in [0.4, 0.5) is 0 Å². The molecule has 0 saturated carbocycles. The highest BCUT2D eigenvalue weighted by molar-refractivity contribution is 8.01. The van der Waals surface area contributed by atoms with Gasteiger partial charge in [0.15, 0.2) is 0 Å². The number of nitrogens with two attached hydrogens (primary N) is 1. The van der Waals surface area contributed by atoms with Crippen molar-refractivity contribution in [2.45, 2.75) is 29.0 Å². The summed E-state index contributed by atoms with van der Waals surface area (Å²) in [5.41, 5.74) is 7.15. The van der Waals surface area contributed by atoms with Crippen LogP contribution in [-0.4, -0.2) is 35.2 Å². The van der Waals surface area contributed by atoms with E-state index < -0.39 is 0 Å². The molecule has 5 heteroatoms. The van der Waals surface area contributed by atoms with Gasteiger partial charge in [0.2, 0.25) is 5.91 Å². The summed E-state index contributed by atoms with van der Waals surface area (Å²) in [6.45, 7) is 1.56. The minimum Gasteiger partial charge on any atom is -0.340 e. The molecule has 3 nitrogen and oxygen atoms in total. The van der Waals surface area contributed by atoms with Crippen molar-refractivity contribution < 1.29 is 4.79 Å². The third-order valence-corrected chi connectivity index (χ3v) is 4.76. The Labute approximate surface area is 118 Å². The van der Waals surface area contributed by atoms with Gasteiger partial charge in [0.25, 0.3) is 0 Å². The molecular formula is C13H17ClN2OS. The van der Waals surface area contributed by atoms with Gasteiger partial charge in [0.05, 0.1) is 5.25 Å². The molecule has 1 unspecified atom stereocenters. The van der Waals surface area contributed by atoms with Crippen LogP contribution in [0.3, 0.4) is 0 Å². The average Bonchev–Trinajstić information content (AvgIpc) is 2.93. The normalized spacial score (nSPS) is 25.7. The zero-order valence-electron chi connectivity index (χ0n) is 10.0. The first kappa shape index (κ1) is 13.7. The molecule has 2 heterocycles. The SMILES string of the molecule is Cl.N[C@@H]1CCN(C(=O)C2Cc3ccccc3S2)C1. The Bertz CT molecular complexity index is 429. The fourth-order valence-corrected chi connectivity index (χ4v) is 3.79. The molecule has 98 valence electrons. The van der Waals surface area contributed by atoms with Gasteiger partial charge in [-0.3, -0.25) is 4.79 Å².